The molecule has 0 unspecified atom stereocenters. The van der Waals surface area contributed by atoms with Crippen molar-refractivity contribution in [3.8, 4) is 5.75 Å². The van der Waals surface area contributed by atoms with E-state index < -0.39 is 6.36 Å². The standard InChI is InChI=1S/C13H10BrF3N2O/c14-9-4-5-11(18-7-9)8-19-10-2-1-3-12(6-10)20-13(15,16)17/h1-7,19H,8H2. The Morgan fingerprint density at radius 2 is 2.00 bits per heavy atom. The van der Waals surface area contributed by atoms with Gasteiger partial charge in [-0.3, -0.25) is 4.98 Å². The van der Waals surface area contributed by atoms with Gasteiger partial charge in [0.1, 0.15) is 5.75 Å². The number of rotatable bonds is 4. The largest absolute Gasteiger partial charge is 0.573 e. The first-order chi connectivity index (χ1) is 9.42. The van der Waals surface area contributed by atoms with Gasteiger partial charge in [0.15, 0.2) is 0 Å². The molecule has 0 radical (unpaired) electrons. The smallest absolute Gasteiger partial charge is 0.406 e. The topological polar surface area (TPSA) is 34.1 Å². The van der Waals surface area contributed by atoms with Gasteiger partial charge in [0.2, 0.25) is 0 Å². The maximum atomic E-state index is 12.1. The Bertz CT molecular complexity index is 573. The summed E-state index contributed by atoms with van der Waals surface area (Å²) in [6, 6.07) is 9.32. The Balaban J connectivity index is 1.99. The van der Waals surface area contributed by atoms with Crippen LogP contribution in [0.5, 0.6) is 5.75 Å². The monoisotopic (exact) mass is 346 g/mol. The number of hydrogen-bond acceptors (Lipinski definition) is 3. The summed E-state index contributed by atoms with van der Waals surface area (Å²) in [6.45, 7) is 0.406. The van der Waals surface area contributed by atoms with Crippen LogP contribution in [0.3, 0.4) is 0 Å². The van der Waals surface area contributed by atoms with Crippen molar-refractivity contribution >= 4 is 21.6 Å². The Hall–Kier alpha value is -1.76. The fourth-order valence-corrected chi connectivity index (χ4v) is 1.74. The zero-order chi connectivity index (χ0) is 14.6. The highest BCUT2D eigenvalue weighted by atomic mass is 79.9. The van der Waals surface area contributed by atoms with Crippen molar-refractivity contribution in [1.29, 1.82) is 0 Å². The van der Waals surface area contributed by atoms with Gasteiger partial charge in [-0.1, -0.05) is 6.07 Å². The number of aromatic nitrogens is 1. The van der Waals surface area contributed by atoms with E-state index in [9.17, 15) is 13.2 Å². The van der Waals surface area contributed by atoms with Crippen molar-refractivity contribution in [1.82, 2.24) is 4.98 Å². The summed E-state index contributed by atoms with van der Waals surface area (Å²) in [7, 11) is 0. The molecule has 0 aliphatic rings. The van der Waals surface area contributed by atoms with Crippen LogP contribution in [0.15, 0.2) is 47.1 Å². The van der Waals surface area contributed by atoms with Gasteiger partial charge in [0, 0.05) is 22.4 Å². The van der Waals surface area contributed by atoms with Crippen molar-refractivity contribution in [3.63, 3.8) is 0 Å². The van der Waals surface area contributed by atoms with E-state index in [0.29, 0.717) is 12.2 Å². The molecule has 1 heterocycles. The van der Waals surface area contributed by atoms with Gasteiger partial charge in [-0.25, -0.2) is 0 Å². The van der Waals surface area contributed by atoms with Crippen LogP contribution in [0.1, 0.15) is 5.69 Å². The molecule has 0 spiro atoms. The second-order valence-corrected chi connectivity index (χ2v) is 4.81. The first-order valence-electron chi connectivity index (χ1n) is 5.62. The second kappa shape index (κ2) is 6.13. The van der Waals surface area contributed by atoms with Gasteiger partial charge in [0.05, 0.1) is 12.2 Å². The van der Waals surface area contributed by atoms with Gasteiger partial charge in [-0.2, -0.15) is 0 Å². The molecular weight excluding hydrogens is 337 g/mol. The minimum absolute atomic E-state index is 0.258. The molecule has 0 amide bonds. The second-order valence-electron chi connectivity index (χ2n) is 3.90. The van der Waals surface area contributed by atoms with E-state index in [2.05, 4.69) is 31.0 Å². The minimum Gasteiger partial charge on any atom is -0.406 e. The molecule has 0 saturated carbocycles. The van der Waals surface area contributed by atoms with Crippen LogP contribution in [0.2, 0.25) is 0 Å². The number of benzene rings is 1. The third-order valence-electron chi connectivity index (χ3n) is 2.33. The normalized spacial score (nSPS) is 11.2. The van der Waals surface area contributed by atoms with Crippen LogP contribution < -0.4 is 10.1 Å². The molecule has 0 saturated heterocycles. The van der Waals surface area contributed by atoms with Gasteiger partial charge >= 0.3 is 6.36 Å². The molecule has 0 atom stereocenters. The lowest BCUT2D eigenvalue weighted by Gasteiger charge is -2.11. The van der Waals surface area contributed by atoms with Crippen LogP contribution in [0, 0.1) is 0 Å². The predicted octanol–water partition coefficient (Wildman–Crippen LogP) is 4.35. The summed E-state index contributed by atoms with van der Waals surface area (Å²) in [5.41, 5.74) is 1.30. The quantitative estimate of drug-likeness (QED) is 0.893. The summed E-state index contributed by atoms with van der Waals surface area (Å²) in [5, 5.41) is 2.98. The van der Waals surface area contributed by atoms with Crippen LogP contribution in [0.4, 0.5) is 18.9 Å². The van der Waals surface area contributed by atoms with Gasteiger partial charge in [-0.05, 0) is 40.2 Å². The fraction of sp³-hybridized carbons (Fsp3) is 0.154. The molecule has 0 fully saturated rings. The first-order valence-corrected chi connectivity index (χ1v) is 6.42. The highest BCUT2D eigenvalue weighted by Gasteiger charge is 2.31. The van der Waals surface area contributed by atoms with E-state index in [1.807, 2.05) is 12.1 Å². The SMILES string of the molecule is FC(F)(F)Oc1cccc(NCc2ccc(Br)cn2)c1. The molecule has 2 aromatic rings. The molecule has 1 aromatic carbocycles. The Morgan fingerprint density at radius 1 is 1.20 bits per heavy atom. The molecule has 7 heteroatoms. The molecule has 0 aliphatic heterocycles. The lowest BCUT2D eigenvalue weighted by Crippen LogP contribution is -2.17. The van der Waals surface area contributed by atoms with Crippen molar-refractivity contribution < 1.29 is 17.9 Å². The number of anilines is 1. The summed E-state index contributed by atoms with van der Waals surface area (Å²) in [5.74, 6) is -0.258. The number of ether oxygens (including phenoxy) is 1. The lowest BCUT2D eigenvalue weighted by molar-refractivity contribution is -0.274. The van der Waals surface area contributed by atoms with E-state index in [-0.39, 0.29) is 5.75 Å². The Kier molecular flexibility index (Phi) is 4.49. The van der Waals surface area contributed by atoms with Crippen molar-refractivity contribution in [2.45, 2.75) is 12.9 Å². The number of nitrogens with zero attached hydrogens (tertiary/aromatic N) is 1. The van der Waals surface area contributed by atoms with Crippen molar-refractivity contribution in [3.05, 3.63) is 52.8 Å². The van der Waals surface area contributed by atoms with Crippen LogP contribution in [0.25, 0.3) is 0 Å². The zero-order valence-corrected chi connectivity index (χ0v) is 11.7. The molecule has 0 aliphatic carbocycles. The van der Waals surface area contributed by atoms with E-state index >= 15 is 0 Å². The van der Waals surface area contributed by atoms with E-state index in [0.717, 1.165) is 10.2 Å². The average molecular weight is 347 g/mol. The summed E-state index contributed by atoms with van der Waals surface area (Å²) < 4.78 is 41.0. The highest BCUT2D eigenvalue weighted by molar-refractivity contribution is 9.10. The van der Waals surface area contributed by atoms with Gasteiger partial charge < -0.3 is 10.1 Å². The number of hydrogen-bond donors (Lipinski definition) is 1. The predicted molar refractivity (Wildman–Crippen MR) is 72.4 cm³/mol. The third-order valence-corrected chi connectivity index (χ3v) is 2.80. The average Bonchev–Trinajstić information content (AvgIpc) is 2.36. The maximum absolute atomic E-state index is 12.1. The molecule has 0 bridgehead atoms. The molecular formula is C13H10BrF3N2O. The first kappa shape index (κ1) is 14.6. The number of alkyl halides is 3. The Morgan fingerprint density at radius 3 is 2.65 bits per heavy atom. The van der Waals surface area contributed by atoms with Gasteiger partial charge in [-0.15, -0.1) is 13.2 Å². The summed E-state index contributed by atoms with van der Waals surface area (Å²) >= 11 is 3.27. The van der Waals surface area contributed by atoms with Crippen molar-refractivity contribution in [2.75, 3.05) is 5.32 Å². The minimum atomic E-state index is -4.69. The van der Waals surface area contributed by atoms with Crippen molar-refractivity contribution in [2.24, 2.45) is 0 Å². The van der Waals surface area contributed by atoms with E-state index in [1.165, 1.54) is 18.2 Å². The van der Waals surface area contributed by atoms with E-state index in [4.69, 9.17) is 0 Å². The van der Waals surface area contributed by atoms with Crippen LogP contribution in [-0.2, 0) is 6.54 Å². The molecule has 1 N–H and O–H groups in total. The summed E-state index contributed by atoms with van der Waals surface area (Å²) in [6.07, 6.45) is -3.04. The molecule has 106 valence electrons. The van der Waals surface area contributed by atoms with Gasteiger partial charge in [0.25, 0.3) is 0 Å². The maximum Gasteiger partial charge on any atom is 0.573 e. The lowest BCUT2D eigenvalue weighted by atomic mass is 10.3. The number of pyridine rings is 1. The van der Waals surface area contributed by atoms with Crippen LogP contribution >= 0.6 is 15.9 Å². The molecule has 20 heavy (non-hydrogen) atoms. The highest BCUT2D eigenvalue weighted by Crippen LogP contribution is 2.25. The molecule has 3 nitrogen and oxygen atoms in total. The third kappa shape index (κ3) is 4.73. The summed E-state index contributed by atoms with van der Waals surface area (Å²) in [4.78, 5) is 4.15. The molecule has 1 aromatic heterocycles. The zero-order valence-electron chi connectivity index (χ0n) is 10.1. The Labute approximate surface area is 121 Å². The van der Waals surface area contributed by atoms with Crippen LogP contribution in [-0.4, -0.2) is 11.3 Å². The molecule has 2 rings (SSSR count). The fourth-order valence-electron chi connectivity index (χ4n) is 1.51. The number of nitrogens with one attached hydrogen (secondary N) is 1. The number of halogens is 4. The van der Waals surface area contributed by atoms with E-state index in [1.54, 1.807) is 12.3 Å².